The first kappa shape index (κ1) is 11.0. The summed E-state index contributed by atoms with van der Waals surface area (Å²) in [5.41, 5.74) is 0.979. The maximum absolute atomic E-state index is 8.75. The van der Waals surface area contributed by atoms with Crippen LogP contribution in [0.1, 0.15) is 13.3 Å². The lowest BCUT2D eigenvalue weighted by Crippen LogP contribution is -2.20. The Hall–Kier alpha value is -1.02. The number of hydrogen-bond acceptors (Lipinski definition) is 2. The average Bonchev–Trinajstić information content (AvgIpc) is 2.00. The predicted octanol–water partition coefficient (Wildman–Crippen LogP) is 2.17. The lowest BCUT2D eigenvalue weighted by molar-refractivity contribution is 0.435. The first-order valence-corrected chi connectivity index (χ1v) is 3.97. The molecule has 1 atom stereocenters. The third kappa shape index (κ3) is 5.74. The lowest BCUT2D eigenvalue weighted by atomic mass is 10.1. The Bertz CT molecular complexity index is 194. The van der Waals surface area contributed by atoms with Gasteiger partial charge < -0.3 is 10.4 Å². The number of allylic oxidation sites excluding steroid dienone is 2. The van der Waals surface area contributed by atoms with Gasteiger partial charge in [-0.05, 0) is 26.5 Å². The number of aliphatic hydroxyl groups excluding tert-OH is 1. The van der Waals surface area contributed by atoms with Crippen LogP contribution >= 0.6 is 0 Å². The first-order valence-electron chi connectivity index (χ1n) is 3.97. The van der Waals surface area contributed by atoms with Gasteiger partial charge in [-0.2, -0.15) is 0 Å². The molecule has 0 aromatic carbocycles. The van der Waals surface area contributed by atoms with Crippen LogP contribution in [0.3, 0.4) is 0 Å². The zero-order chi connectivity index (χ0) is 9.56. The van der Waals surface area contributed by atoms with Gasteiger partial charge in [0.25, 0.3) is 0 Å². The van der Waals surface area contributed by atoms with Crippen LogP contribution in [0.5, 0.6) is 0 Å². The Labute approximate surface area is 74.3 Å². The molecular formula is C10H17NO. The number of rotatable bonds is 5. The highest BCUT2D eigenvalue weighted by atomic mass is 16.3. The predicted molar refractivity (Wildman–Crippen MR) is 53.2 cm³/mol. The molecule has 2 heteroatoms. The summed E-state index contributed by atoms with van der Waals surface area (Å²) in [7, 11) is 1.91. The summed E-state index contributed by atoms with van der Waals surface area (Å²) < 4.78 is 0. The van der Waals surface area contributed by atoms with Crippen LogP contribution in [-0.4, -0.2) is 18.2 Å². The number of hydrogen-bond donors (Lipinski definition) is 2. The van der Waals surface area contributed by atoms with Gasteiger partial charge in [0.1, 0.15) is 5.76 Å². The zero-order valence-electron chi connectivity index (χ0n) is 7.80. The van der Waals surface area contributed by atoms with Crippen molar-refractivity contribution in [2.45, 2.75) is 19.4 Å². The van der Waals surface area contributed by atoms with E-state index in [9.17, 15) is 0 Å². The molecule has 0 aliphatic carbocycles. The molecule has 0 amide bonds. The normalized spacial score (nSPS) is 13.2. The van der Waals surface area contributed by atoms with Gasteiger partial charge in [-0.3, -0.25) is 0 Å². The molecule has 12 heavy (non-hydrogen) atoms. The van der Waals surface area contributed by atoms with Crippen molar-refractivity contribution in [1.29, 1.82) is 0 Å². The molecule has 0 aliphatic rings. The van der Waals surface area contributed by atoms with Crippen LogP contribution in [0.2, 0.25) is 0 Å². The SMILES string of the molecule is C=C(O)/C=C\C(=C)CC(C)NC. The second kappa shape index (κ2) is 5.61. The smallest absolute Gasteiger partial charge is 0.108 e. The van der Waals surface area contributed by atoms with Gasteiger partial charge in [-0.15, -0.1) is 0 Å². The molecular weight excluding hydrogens is 150 g/mol. The summed E-state index contributed by atoms with van der Waals surface area (Å²) in [6, 6.07) is 0.411. The summed E-state index contributed by atoms with van der Waals surface area (Å²) in [5, 5.41) is 11.9. The minimum atomic E-state index is 0.0632. The Morgan fingerprint density at radius 1 is 1.50 bits per heavy atom. The van der Waals surface area contributed by atoms with Crippen LogP contribution in [0.25, 0.3) is 0 Å². The van der Waals surface area contributed by atoms with Gasteiger partial charge in [0.2, 0.25) is 0 Å². The van der Waals surface area contributed by atoms with Gasteiger partial charge in [0.15, 0.2) is 0 Å². The first-order chi connectivity index (χ1) is 5.56. The summed E-state index contributed by atoms with van der Waals surface area (Å²) in [6.45, 7) is 9.25. The van der Waals surface area contributed by atoms with Crippen LogP contribution in [0, 0.1) is 0 Å². The van der Waals surface area contributed by atoms with Crippen molar-refractivity contribution in [1.82, 2.24) is 5.32 Å². The molecule has 0 heterocycles. The average molecular weight is 167 g/mol. The minimum Gasteiger partial charge on any atom is -0.509 e. The zero-order valence-corrected chi connectivity index (χ0v) is 7.80. The van der Waals surface area contributed by atoms with Crippen molar-refractivity contribution >= 4 is 0 Å². The fraction of sp³-hybridized carbons (Fsp3) is 0.400. The van der Waals surface area contributed by atoms with Gasteiger partial charge in [-0.25, -0.2) is 0 Å². The van der Waals surface area contributed by atoms with Gasteiger partial charge >= 0.3 is 0 Å². The molecule has 2 N–H and O–H groups in total. The van der Waals surface area contributed by atoms with E-state index in [1.165, 1.54) is 0 Å². The monoisotopic (exact) mass is 167 g/mol. The van der Waals surface area contributed by atoms with Crippen molar-refractivity contribution in [3.63, 3.8) is 0 Å². The van der Waals surface area contributed by atoms with Crippen LogP contribution in [-0.2, 0) is 0 Å². The molecule has 0 saturated carbocycles. The second-order valence-corrected chi connectivity index (χ2v) is 2.88. The van der Waals surface area contributed by atoms with E-state index in [2.05, 4.69) is 25.4 Å². The van der Waals surface area contributed by atoms with Crippen molar-refractivity contribution in [2.24, 2.45) is 0 Å². The van der Waals surface area contributed by atoms with Crippen molar-refractivity contribution in [3.05, 3.63) is 36.6 Å². The maximum atomic E-state index is 8.75. The highest BCUT2D eigenvalue weighted by molar-refractivity contribution is 5.21. The Kier molecular flexibility index (Phi) is 5.13. The third-order valence-electron chi connectivity index (χ3n) is 1.57. The van der Waals surface area contributed by atoms with E-state index in [1.807, 2.05) is 7.05 Å². The standard InChI is InChI=1S/C10H17NO/c1-8(5-6-10(3)12)7-9(2)11-4/h5-6,9,11-12H,1,3,7H2,2,4H3/b6-5-. The molecule has 0 fully saturated rings. The topological polar surface area (TPSA) is 32.3 Å². The molecule has 68 valence electrons. The van der Waals surface area contributed by atoms with Gasteiger partial charge in [-0.1, -0.05) is 24.8 Å². The summed E-state index contributed by atoms with van der Waals surface area (Å²) in [4.78, 5) is 0. The van der Waals surface area contributed by atoms with Gasteiger partial charge in [0.05, 0.1) is 0 Å². The molecule has 0 aliphatic heterocycles. The molecule has 0 bridgehead atoms. The van der Waals surface area contributed by atoms with E-state index in [1.54, 1.807) is 12.2 Å². The minimum absolute atomic E-state index is 0.0632. The van der Waals surface area contributed by atoms with Crippen molar-refractivity contribution in [3.8, 4) is 0 Å². The van der Waals surface area contributed by atoms with Crippen LogP contribution in [0.4, 0.5) is 0 Å². The molecule has 0 saturated heterocycles. The Morgan fingerprint density at radius 2 is 2.08 bits per heavy atom. The fourth-order valence-corrected chi connectivity index (χ4v) is 0.777. The molecule has 0 aromatic rings. The Morgan fingerprint density at radius 3 is 2.50 bits per heavy atom. The van der Waals surface area contributed by atoms with Crippen molar-refractivity contribution in [2.75, 3.05) is 7.05 Å². The molecule has 1 unspecified atom stereocenters. The second-order valence-electron chi connectivity index (χ2n) is 2.88. The van der Waals surface area contributed by atoms with E-state index in [0.29, 0.717) is 6.04 Å². The largest absolute Gasteiger partial charge is 0.509 e. The highest BCUT2D eigenvalue weighted by Gasteiger charge is 1.97. The lowest BCUT2D eigenvalue weighted by Gasteiger charge is -2.08. The van der Waals surface area contributed by atoms with Crippen LogP contribution < -0.4 is 5.32 Å². The third-order valence-corrected chi connectivity index (χ3v) is 1.57. The molecule has 2 nitrogen and oxygen atoms in total. The number of aliphatic hydroxyl groups is 1. The van der Waals surface area contributed by atoms with E-state index in [4.69, 9.17) is 5.11 Å². The molecule has 0 aromatic heterocycles. The quantitative estimate of drug-likeness (QED) is 0.486. The number of nitrogens with one attached hydrogen (secondary N) is 1. The van der Waals surface area contributed by atoms with Crippen molar-refractivity contribution < 1.29 is 5.11 Å². The van der Waals surface area contributed by atoms with Gasteiger partial charge in [0, 0.05) is 6.04 Å². The summed E-state index contributed by atoms with van der Waals surface area (Å²) >= 11 is 0. The van der Waals surface area contributed by atoms with E-state index in [-0.39, 0.29) is 5.76 Å². The van der Waals surface area contributed by atoms with E-state index >= 15 is 0 Å². The molecule has 0 spiro atoms. The fourth-order valence-electron chi connectivity index (χ4n) is 0.777. The van der Waals surface area contributed by atoms with E-state index < -0.39 is 0 Å². The maximum Gasteiger partial charge on any atom is 0.108 e. The molecule has 0 rings (SSSR count). The van der Waals surface area contributed by atoms with Crippen LogP contribution in [0.15, 0.2) is 36.6 Å². The Balaban J connectivity index is 3.81. The highest BCUT2D eigenvalue weighted by Crippen LogP contribution is 2.04. The van der Waals surface area contributed by atoms with E-state index in [0.717, 1.165) is 12.0 Å². The summed E-state index contributed by atoms with van der Waals surface area (Å²) in [5.74, 6) is 0.0632. The summed E-state index contributed by atoms with van der Waals surface area (Å²) in [6.07, 6.45) is 4.20. The molecule has 0 radical (unpaired) electrons.